The van der Waals surface area contributed by atoms with Crippen LogP contribution in [0.4, 0.5) is 4.79 Å². The molecule has 8 nitrogen and oxygen atoms in total. The van der Waals surface area contributed by atoms with Crippen molar-refractivity contribution in [1.29, 1.82) is 0 Å². The molecule has 0 aromatic carbocycles. The molecule has 0 atom stereocenters. The van der Waals surface area contributed by atoms with E-state index in [-0.39, 0.29) is 35.0 Å². The van der Waals surface area contributed by atoms with E-state index in [1.165, 1.54) is 7.11 Å². The molecular weight excluding hydrogens is 288 g/mol. The maximum Gasteiger partial charge on any atom is 0.323 e. The third-order valence-electron chi connectivity index (χ3n) is 3.92. The van der Waals surface area contributed by atoms with Crippen molar-refractivity contribution in [3.8, 4) is 0 Å². The van der Waals surface area contributed by atoms with Gasteiger partial charge in [-0.05, 0) is 25.7 Å². The van der Waals surface area contributed by atoms with Crippen molar-refractivity contribution >= 4 is 17.9 Å². The number of esters is 1. The number of urea groups is 1. The maximum atomic E-state index is 12.2. The SMILES string of the molecule is C=C1NC(=O)NC(C(=O)NC2CCC(C(=O)OC)CC2)=C1N. The standard InChI is InChI=1S/C14H20N4O4/c1-7-10(15)11(18-14(21)16-7)12(19)17-9-5-3-8(4-6-9)13(20)22-2/h8-9H,1,3-6,15H2,2H3,(H,17,19)(H2,16,18,21). The Labute approximate surface area is 128 Å². The predicted molar refractivity (Wildman–Crippen MR) is 77.9 cm³/mol. The van der Waals surface area contributed by atoms with Crippen molar-refractivity contribution in [3.05, 3.63) is 23.7 Å². The highest BCUT2D eigenvalue weighted by molar-refractivity contribution is 6.00. The van der Waals surface area contributed by atoms with Crippen LogP contribution < -0.4 is 21.7 Å². The first-order valence-corrected chi connectivity index (χ1v) is 7.08. The molecule has 0 saturated heterocycles. The first-order valence-electron chi connectivity index (χ1n) is 7.08. The second kappa shape index (κ2) is 6.50. The summed E-state index contributed by atoms with van der Waals surface area (Å²) < 4.78 is 4.72. The van der Waals surface area contributed by atoms with Crippen molar-refractivity contribution < 1.29 is 19.1 Å². The molecule has 1 heterocycles. The van der Waals surface area contributed by atoms with Gasteiger partial charge in [-0.3, -0.25) is 9.59 Å². The normalized spacial score (nSPS) is 25.1. The fourth-order valence-corrected chi connectivity index (χ4v) is 2.64. The Bertz CT molecular complexity index is 547. The van der Waals surface area contributed by atoms with Crippen LogP contribution >= 0.6 is 0 Å². The van der Waals surface area contributed by atoms with Crippen LogP contribution in [0.1, 0.15) is 25.7 Å². The highest BCUT2D eigenvalue weighted by Gasteiger charge is 2.30. The Balaban J connectivity index is 1.93. The van der Waals surface area contributed by atoms with Gasteiger partial charge in [0.1, 0.15) is 5.70 Å². The van der Waals surface area contributed by atoms with E-state index in [4.69, 9.17) is 10.5 Å². The number of ether oxygens (including phenoxy) is 1. The number of hydrogen-bond donors (Lipinski definition) is 4. The summed E-state index contributed by atoms with van der Waals surface area (Å²) in [7, 11) is 1.37. The Kier molecular flexibility index (Phi) is 4.69. The van der Waals surface area contributed by atoms with Crippen molar-refractivity contribution in [3.63, 3.8) is 0 Å². The molecule has 0 aromatic rings. The summed E-state index contributed by atoms with van der Waals surface area (Å²) in [5.41, 5.74) is 6.06. The minimum atomic E-state index is -0.543. The van der Waals surface area contributed by atoms with E-state index in [1.54, 1.807) is 0 Å². The van der Waals surface area contributed by atoms with E-state index in [0.29, 0.717) is 25.7 Å². The number of rotatable bonds is 3. The molecule has 1 aliphatic heterocycles. The zero-order valence-electron chi connectivity index (χ0n) is 12.4. The molecule has 0 bridgehead atoms. The fourth-order valence-electron chi connectivity index (χ4n) is 2.64. The number of hydrogen-bond acceptors (Lipinski definition) is 5. The molecule has 0 spiro atoms. The fraction of sp³-hybridized carbons (Fsp3) is 0.500. The Morgan fingerprint density at radius 1 is 1.27 bits per heavy atom. The summed E-state index contributed by atoms with van der Waals surface area (Å²) in [5.74, 6) is -0.769. The van der Waals surface area contributed by atoms with Gasteiger partial charge in [-0.1, -0.05) is 6.58 Å². The van der Waals surface area contributed by atoms with Gasteiger partial charge in [0, 0.05) is 6.04 Å². The molecule has 0 aromatic heterocycles. The maximum absolute atomic E-state index is 12.2. The van der Waals surface area contributed by atoms with Crippen molar-refractivity contribution in [1.82, 2.24) is 16.0 Å². The number of carbonyl (C=O) groups is 3. The minimum Gasteiger partial charge on any atom is -0.469 e. The highest BCUT2D eigenvalue weighted by atomic mass is 16.5. The Hall–Kier alpha value is -2.51. The van der Waals surface area contributed by atoms with Crippen molar-refractivity contribution in [2.75, 3.05) is 7.11 Å². The molecule has 5 N–H and O–H groups in total. The lowest BCUT2D eigenvalue weighted by Crippen LogP contribution is -2.49. The molecule has 1 saturated carbocycles. The van der Waals surface area contributed by atoms with Gasteiger partial charge in [0.25, 0.3) is 5.91 Å². The largest absolute Gasteiger partial charge is 0.469 e. The lowest BCUT2D eigenvalue weighted by molar-refractivity contribution is -0.146. The van der Waals surface area contributed by atoms with Crippen molar-refractivity contribution in [2.45, 2.75) is 31.7 Å². The molecule has 1 aliphatic carbocycles. The quantitative estimate of drug-likeness (QED) is 0.539. The van der Waals surface area contributed by atoms with Gasteiger partial charge in [-0.25, -0.2) is 4.79 Å². The van der Waals surface area contributed by atoms with Gasteiger partial charge in [0.05, 0.1) is 24.4 Å². The molecular formula is C14H20N4O4. The van der Waals surface area contributed by atoms with Crippen LogP contribution in [-0.4, -0.2) is 31.1 Å². The smallest absolute Gasteiger partial charge is 0.323 e. The van der Waals surface area contributed by atoms with E-state index in [0.717, 1.165) is 0 Å². The van der Waals surface area contributed by atoms with Crippen LogP contribution in [0.3, 0.4) is 0 Å². The summed E-state index contributed by atoms with van der Waals surface area (Å²) in [5, 5.41) is 7.59. The molecule has 1 fully saturated rings. The number of nitrogens with two attached hydrogens (primary N) is 1. The predicted octanol–water partition coefficient (Wildman–Crippen LogP) is -0.169. The van der Waals surface area contributed by atoms with E-state index in [2.05, 4.69) is 22.5 Å². The first-order chi connectivity index (χ1) is 10.4. The molecule has 3 amide bonds. The number of carbonyl (C=O) groups excluding carboxylic acids is 3. The summed E-state index contributed by atoms with van der Waals surface area (Å²) >= 11 is 0. The first kappa shape index (κ1) is 15.9. The lowest BCUT2D eigenvalue weighted by Gasteiger charge is -2.28. The van der Waals surface area contributed by atoms with Crippen LogP contribution in [0.25, 0.3) is 0 Å². The molecule has 2 rings (SSSR count). The van der Waals surface area contributed by atoms with Gasteiger partial charge >= 0.3 is 12.0 Å². The van der Waals surface area contributed by atoms with E-state index in [9.17, 15) is 14.4 Å². The Morgan fingerprint density at radius 3 is 2.50 bits per heavy atom. The lowest BCUT2D eigenvalue weighted by atomic mass is 9.86. The van der Waals surface area contributed by atoms with Gasteiger partial charge in [-0.15, -0.1) is 0 Å². The summed E-state index contributed by atoms with van der Waals surface area (Å²) in [6.45, 7) is 3.58. The monoisotopic (exact) mass is 308 g/mol. The molecule has 22 heavy (non-hydrogen) atoms. The third kappa shape index (κ3) is 3.38. The van der Waals surface area contributed by atoms with E-state index < -0.39 is 11.9 Å². The number of nitrogens with one attached hydrogen (secondary N) is 3. The molecule has 0 radical (unpaired) electrons. The highest BCUT2D eigenvalue weighted by Crippen LogP contribution is 2.25. The second-order valence-corrected chi connectivity index (χ2v) is 5.39. The summed E-state index contributed by atoms with van der Waals surface area (Å²) in [6.07, 6.45) is 2.66. The molecule has 120 valence electrons. The summed E-state index contributed by atoms with van der Waals surface area (Å²) in [4.78, 5) is 35.0. The zero-order chi connectivity index (χ0) is 16.3. The Morgan fingerprint density at radius 2 is 1.91 bits per heavy atom. The third-order valence-corrected chi connectivity index (χ3v) is 3.92. The van der Waals surface area contributed by atoms with Crippen LogP contribution in [0, 0.1) is 5.92 Å². The topological polar surface area (TPSA) is 123 Å². The van der Waals surface area contributed by atoms with Crippen molar-refractivity contribution in [2.24, 2.45) is 11.7 Å². The average Bonchev–Trinajstić information content (AvgIpc) is 2.50. The zero-order valence-corrected chi connectivity index (χ0v) is 12.4. The van der Waals surface area contributed by atoms with Gasteiger partial charge in [0.2, 0.25) is 0 Å². The van der Waals surface area contributed by atoms with Crippen LogP contribution in [0.2, 0.25) is 0 Å². The van der Waals surface area contributed by atoms with E-state index >= 15 is 0 Å². The average molecular weight is 308 g/mol. The molecule has 8 heteroatoms. The van der Waals surface area contributed by atoms with Gasteiger partial charge < -0.3 is 26.4 Å². The van der Waals surface area contributed by atoms with Crippen LogP contribution in [0.15, 0.2) is 23.7 Å². The second-order valence-electron chi connectivity index (χ2n) is 5.39. The summed E-state index contributed by atoms with van der Waals surface area (Å²) in [6, 6.07) is -0.604. The molecule has 0 unspecified atom stereocenters. The number of methoxy groups -OCH3 is 1. The van der Waals surface area contributed by atoms with Crippen LogP contribution in [0.5, 0.6) is 0 Å². The van der Waals surface area contributed by atoms with Crippen LogP contribution in [-0.2, 0) is 14.3 Å². The van der Waals surface area contributed by atoms with Gasteiger partial charge in [0.15, 0.2) is 0 Å². The molecule has 2 aliphatic rings. The minimum absolute atomic E-state index is 0.00356. The van der Waals surface area contributed by atoms with E-state index in [1.807, 2.05) is 0 Å². The van der Waals surface area contributed by atoms with Gasteiger partial charge in [-0.2, -0.15) is 0 Å². The number of amides is 3.